The van der Waals surface area contributed by atoms with Crippen LogP contribution in [0, 0.1) is 0 Å². The van der Waals surface area contributed by atoms with Gasteiger partial charge in [-0.3, -0.25) is 9.59 Å². The number of amides is 2. The van der Waals surface area contributed by atoms with Crippen LogP contribution in [0.4, 0.5) is 13.2 Å². The van der Waals surface area contributed by atoms with Crippen molar-refractivity contribution >= 4 is 17.9 Å². The van der Waals surface area contributed by atoms with E-state index in [1.807, 2.05) is 19.0 Å². The molecule has 1 heterocycles. The third kappa shape index (κ3) is 7.97. The molecule has 1 aromatic heterocycles. The molecule has 0 aliphatic rings. The van der Waals surface area contributed by atoms with E-state index in [1.54, 1.807) is 24.3 Å². The van der Waals surface area contributed by atoms with Crippen LogP contribution >= 0.6 is 0 Å². The molecule has 3 rings (SSSR count). The predicted molar refractivity (Wildman–Crippen MR) is 134 cm³/mol. The summed E-state index contributed by atoms with van der Waals surface area (Å²) in [6.07, 6.45) is -2.46. The van der Waals surface area contributed by atoms with Crippen molar-refractivity contribution in [3.8, 4) is 17.1 Å². The van der Waals surface area contributed by atoms with E-state index < -0.39 is 23.6 Å². The molecule has 3 aromatic rings. The molecule has 2 aromatic carbocycles. The average molecular weight is 516 g/mol. The number of furan rings is 1. The highest BCUT2D eigenvalue weighted by Crippen LogP contribution is 2.32. The van der Waals surface area contributed by atoms with E-state index in [1.165, 1.54) is 37.5 Å². The number of halogens is 3. The largest absolute Gasteiger partial charge is 0.497 e. The molecule has 0 atom stereocenters. The van der Waals surface area contributed by atoms with Gasteiger partial charge in [0.15, 0.2) is 0 Å². The van der Waals surface area contributed by atoms with Crippen LogP contribution in [-0.2, 0) is 11.0 Å². The highest BCUT2D eigenvalue weighted by atomic mass is 19.4. The van der Waals surface area contributed by atoms with Crippen LogP contribution in [0.3, 0.4) is 0 Å². The van der Waals surface area contributed by atoms with E-state index in [2.05, 4.69) is 10.6 Å². The number of rotatable bonds is 10. The Labute approximate surface area is 212 Å². The van der Waals surface area contributed by atoms with Gasteiger partial charge in [-0.1, -0.05) is 12.1 Å². The van der Waals surface area contributed by atoms with Gasteiger partial charge < -0.3 is 24.7 Å². The second-order valence-corrected chi connectivity index (χ2v) is 8.43. The SMILES string of the molecule is COc1ccc(C(=O)N/C(=C/c2ccc(-c3cccc(C(F)(F)F)c3)o2)C(=O)NCCCN(C)C)cc1. The molecular formula is C27H28F3N3O4. The Morgan fingerprint density at radius 1 is 1.05 bits per heavy atom. The van der Waals surface area contributed by atoms with Gasteiger partial charge in [0.1, 0.15) is 23.0 Å². The zero-order chi connectivity index (χ0) is 27.0. The minimum atomic E-state index is -4.49. The second kappa shape index (κ2) is 12.3. The lowest BCUT2D eigenvalue weighted by Crippen LogP contribution is -2.36. The molecule has 0 bridgehead atoms. The fraction of sp³-hybridized carbons (Fsp3) is 0.259. The average Bonchev–Trinajstić information content (AvgIpc) is 3.34. The number of methoxy groups -OCH3 is 1. The monoisotopic (exact) mass is 515 g/mol. The van der Waals surface area contributed by atoms with E-state index in [9.17, 15) is 22.8 Å². The maximum atomic E-state index is 13.1. The third-order valence-corrected chi connectivity index (χ3v) is 5.30. The van der Waals surface area contributed by atoms with Crippen molar-refractivity contribution < 1.29 is 31.9 Å². The summed E-state index contributed by atoms with van der Waals surface area (Å²) in [4.78, 5) is 27.7. The van der Waals surface area contributed by atoms with Crippen LogP contribution in [0.5, 0.6) is 5.75 Å². The van der Waals surface area contributed by atoms with E-state index in [-0.39, 0.29) is 22.8 Å². The Hall–Kier alpha value is -4.05. The van der Waals surface area contributed by atoms with Crippen molar-refractivity contribution in [2.45, 2.75) is 12.6 Å². The minimum absolute atomic E-state index is 0.0735. The molecule has 0 aliphatic carbocycles. The molecule has 0 fully saturated rings. The molecule has 7 nitrogen and oxygen atoms in total. The van der Waals surface area contributed by atoms with Gasteiger partial charge in [0.05, 0.1) is 12.7 Å². The van der Waals surface area contributed by atoms with E-state index in [0.717, 1.165) is 18.7 Å². The summed E-state index contributed by atoms with van der Waals surface area (Å²) in [7, 11) is 5.34. The molecule has 37 heavy (non-hydrogen) atoms. The second-order valence-electron chi connectivity index (χ2n) is 8.43. The number of hydrogen-bond acceptors (Lipinski definition) is 5. The first-order valence-corrected chi connectivity index (χ1v) is 11.4. The lowest BCUT2D eigenvalue weighted by Gasteiger charge is -2.12. The fourth-order valence-corrected chi connectivity index (χ4v) is 3.36. The number of ether oxygens (including phenoxy) is 1. The predicted octanol–water partition coefficient (Wildman–Crippen LogP) is 4.81. The quantitative estimate of drug-likeness (QED) is 0.299. The zero-order valence-corrected chi connectivity index (χ0v) is 20.7. The first kappa shape index (κ1) is 27.5. The molecule has 10 heteroatoms. The van der Waals surface area contributed by atoms with Crippen molar-refractivity contribution in [3.05, 3.63) is 83.2 Å². The highest BCUT2D eigenvalue weighted by molar-refractivity contribution is 6.05. The van der Waals surface area contributed by atoms with Gasteiger partial charge in [0, 0.05) is 23.7 Å². The lowest BCUT2D eigenvalue weighted by atomic mass is 10.1. The first-order valence-electron chi connectivity index (χ1n) is 11.4. The van der Waals surface area contributed by atoms with E-state index >= 15 is 0 Å². The molecule has 2 N–H and O–H groups in total. The molecule has 0 saturated heterocycles. The Morgan fingerprint density at radius 2 is 1.78 bits per heavy atom. The van der Waals surface area contributed by atoms with Crippen molar-refractivity contribution in [2.75, 3.05) is 34.3 Å². The van der Waals surface area contributed by atoms with Crippen molar-refractivity contribution in [3.63, 3.8) is 0 Å². The molecule has 196 valence electrons. The Bertz CT molecular complexity index is 1250. The molecule has 2 amide bonds. The smallest absolute Gasteiger partial charge is 0.416 e. The summed E-state index contributed by atoms with van der Waals surface area (Å²) in [5, 5.41) is 5.36. The summed E-state index contributed by atoms with van der Waals surface area (Å²) in [5.74, 6) is -0.117. The molecule has 0 unspecified atom stereocenters. The van der Waals surface area contributed by atoms with Crippen molar-refractivity contribution in [1.82, 2.24) is 15.5 Å². The minimum Gasteiger partial charge on any atom is -0.497 e. The summed E-state index contributed by atoms with van der Waals surface area (Å²) in [6, 6.07) is 14.1. The van der Waals surface area contributed by atoms with Gasteiger partial charge in [-0.25, -0.2) is 0 Å². The molecule has 0 aliphatic heterocycles. The number of carbonyl (C=O) groups excluding carboxylic acids is 2. The topological polar surface area (TPSA) is 83.8 Å². The normalized spacial score (nSPS) is 11.9. The third-order valence-electron chi connectivity index (χ3n) is 5.30. The Kier molecular flexibility index (Phi) is 9.13. The molecule has 0 radical (unpaired) electrons. The Morgan fingerprint density at radius 3 is 2.43 bits per heavy atom. The van der Waals surface area contributed by atoms with Gasteiger partial charge in [0.25, 0.3) is 11.8 Å². The van der Waals surface area contributed by atoms with Gasteiger partial charge in [-0.2, -0.15) is 13.2 Å². The van der Waals surface area contributed by atoms with Gasteiger partial charge in [-0.05, 0) is 75.6 Å². The zero-order valence-electron chi connectivity index (χ0n) is 20.7. The van der Waals surface area contributed by atoms with Crippen LogP contribution in [-0.4, -0.2) is 51.0 Å². The molecular weight excluding hydrogens is 487 g/mol. The van der Waals surface area contributed by atoms with Crippen molar-refractivity contribution in [1.29, 1.82) is 0 Å². The number of carbonyl (C=O) groups is 2. The number of alkyl halides is 3. The first-order chi connectivity index (χ1) is 17.6. The fourth-order valence-electron chi connectivity index (χ4n) is 3.36. The lowest BCUT2D eigenvalue weighted by molar-refractivity contribution is -0.137. The molecule has 0 spiro atoms. The highest BCUT2D eigenvalue weighted by Gasteiger charge is 2.30. The summed E-state index contributed by atoms with van der Waals surface area (Å²) in [6.45, 7) is 1.14. The van der Waals surface area contributed by atoms with Crippen LogP contribution < -0.4 is 15.4 Å². The van der Waals surface area contributed by atoms with Gasteiger partial charge >= 0.3 is 6.18 Å². The maximum Gasteiger partial charge on any atom is 0.416 e. The standard InChI is InChI=1S/C27H28F3N3O4/c1-33(2)15-5-14-31-26(35)23(32-25(34)18-8-10-21(36-3)11-9-18)17-22-12-13-24(37-22)19-6-4-7-20(16-19)27(28,29)30/h4,6-13,16-17H,5,14-15H2,1-3H3,(H,31,35)(H,32,34)/b23-17+. The summed E-state index contributed by atoms with van der Waals surface area (Å²) >= 11 is 0. The van der Waals surface area contributed by atoms with Crippen LogP contribution in [0.2, 0.25) is 0 Å². The number of hydrogen-bond donors (Lipinski definition) is 2. The van der Waals surface area contributed by atoms with Gasteiger partial charge in [-0.15, -0.1) is 0 Å². The van der Waals surface area contributed by atoms with Gasteiger partial charge in [0.2, 0.25) is 0 Å². The number of benzene rings is 2. The summed E-state index contributed by atoms with van der Waals surface area (Å²) < 4.78 is 50.1. The maximum absolute atomic E-state index is 13.1. The Balaban J connectivity index is 1.84. The molecule has 0 saturated carbocycles. The van der Waals surface area contributed by atoms with Crippen molar-refractivity contribution in [2.24, 2.45) is 0 Å². The van der Waals surface area contributed by atoms with E-state index in [0.29, 0.717) is 24.3 Å². The van der Waals surface area contributed by atoms with Crippen LogP contribution in [0.15, 0.2) is 70.8 Å². The van der Waals surface area contributed by atoms with E-state index in [4.69, 9.17) is 9.15 Å². The van der Waals surface area contributed by atoms with Crippen LogP contribution in [0.25, 0.3) is 17.4 Å². The summed E-state index contributed by atoms with van der Waals surface area (Å²) in [5.41, 5.74) is -0.346. The van der Waals surface area contributed by atoms with Crippen LogP contribution in [0.1, 0.15) is 28.1 Å². The number of nitrogens with one attached hydrogen (secondary N) is 2. The number of nitrogens with zero attached hydrogens (tertiary/aromatic N) is 1.